The van der Waals surface area contributed by atoms with Crippen molar-refractivity contribution in [3.05, 3.63) is 11.3 Å². The molecule has 0 aromatic carbocycles. The number of esters is 1. The fourth-order valence-electron chi connectivity index (χ4n) is 1.92. The van der Waals surface area contributed by atoms with Crippen LogP contribution in [-0.2, 0) is 19.1 Å². The van der Waals surface area contributed by atoms with Gasteiger partial charge in [-0.3, -0.25) is 4.90 Å². The van der Waals surface area contributed by atoms with Gasteiger partial charge in [-0.15, -0.1) is 0 Å². The van der Waals surface area contributed by atoms with Gasteiger partial charge in [0.05, 0.1) is 7.11 Å². The van der Waals surface area contributed by atoms with E-state index < -0.39 is 41.0 Å². The molecular formula is C13H19NO7. The van der Waals surface area contributed by atoms with Crippen LogP contribution >= 0.6 is 0 Å². The number of ether oxygens (including phenoxy) is 2. The molecule has 0 aliphatic carbocycles. The molecule has 1 heterocycles. The maximum Gasteiger partial charge on any atom is 0.411 e. The van der Waals surface area contributed by atoms with E-state index in [1.807, 2.05) is 0 Å². The van der Waals surface area contributed by atoms with E-state index in [9.17, 15) is 24.6 Å². The zero-order valence-electron chi connectivity index (χ0n) is 12.4. The maximum absolute atomic E-state index is 12.1. The van der Waals surface area contributed by atoms with Crippen molar-refractivity contribution >= 4 is 18.0 Å². The van der Waals surface area contributed by atoms with Gasteiger partial charge in [0.25, 0.3) is 0 Å². The van der Waals surface area contributed by atoms with Gasteiger partial charge in [0, 0.05) is 13.0 Å². The summed E-state index contributed by atoms with van der Waals surface area (Å²) in [5.41, 5.74) is -1.27. The van der Waals surface area contributed by atoms with Gasteiger partial charge in [0.2, 0.25) is 0 Å². The van der Waals surface area contributed by atoms with Crippen LogP contribution in [0, 0.1) is 0 Å². The van der Waals surface area contributed by atoms with E-state index in [0.717, 1.165) is 12.0 Å². The number of hydrogen-bond acceptors (Lipinski definition) is 6. The molecule has 8 nitrogen and oxygen atoms in total. The Hall–Kier alpha value is -2.25. The number of methoxy groups -OCH3 is 1. The summed E-state index contributed by atoms with van der Waals surface area (Å²) in [6, 6.07) is -1.64. The van der Waals surface area contributed by atoms with Gasteiger partial charge in [0.15, 0.2) is 6.04 Å². The highest BCUT2D eigenvalue weighted by Crippen LogP contribution is 2.26. The van der Waals surface area contributed by atoms with Crippen LogP contribution in [0.3, 0.4) is 0 Å². The van der Waals surface area contributed by atoms with Gasteiger partial charge < -0.3 is 19.7 Å². The highest BCUT2D eigenvalue weighted by molar-refractivity contribution is 5.99. The van der Waals surface area contributed by atoms with Crippen LogP contribution < -0.4 is 0 Å². The summed E-state index contributed by atoms with van der Waals surface area (Å²) in [6.07, 6.45) is -0.920. The molecular weight excluding hydrogens is 282 g/mol. The molecule has 8 heteroatoms. The minimum absolute atomic E-state index is 0.0482. The molecule has 0 unspecified atom stereocenters. The number of nitrogens with zero attached hydrogens (tertiary/aromatic N) is 1. The summed E-state index contributed by atoms with van der Waals surface area (Å²) in [6.45, 7) is 4.84. The number of carboxylic acid groups (broad SMARTS) is 1. The second-order valence-electron chi connectivity index (χ2n) is 5.52. The van der Waals surface area contributed by atoms with Gasteiger partial charge in [0.1, 0.15) is 16.9 Å². The van der Waals surface area contributed by atoms with Gasteiger partial charge in [-0.25, -0.2) is 14.4 Å². The van der Waals surface area contributed by atoms with Crippen molar-refractivity contribution in [1.29, 1.82) is 0 Å². The molecule has 0 bridgehead atoms. The third-order valence-electron chi connectivity index (χ3n) is 2.75. The predicted molar refractivity (Wildman–Crippen MR) is 70.7 cm³/mol. The van der Waals surface area contributed by atoms with E-state index in [-0.39, 0.29) is 13.0 Å². The lowest BCUT2D eigenvalue weighted by Gasteiger charge is -2.34. The minimum Gasteiger partial charge on any atom is -0.512 e. The third-order valence-corrected chi connectivity index (χ3v) is 2.75. The normalized spacial score (nSPS) is 19.2. The first-order valence-corrected chi connectivity index (χ1v) is 6.31. The number of amides is 1. The number of aliphatic carboxylic acids is 1. The molecule has 1 aliphatic heterocycles. The largest absolute Gasteiger partial charge is 0.512 e. The molecule has 1 atom stereocenters. The third kappa shape index (κ3) is 3.87. The Morgan fingerprint density at radius 1 is 1.29 bits per heavy atom. The summed E-state index contributed by atoms with van der Waals surface area (Å²) in [5, 5.41) is 19.0. The molecule has 21 heavy (non-hydrogen) atoms. The van der Waals surface area contributed by atoms with Crippen LogP contribution in [-0.4, -0.2) is 58.4 Å². The number of rotatable bonds is 2. The molecule has 1 amide bonds. The van der Waals surface area contributed by atoms with Crippen molar-refractivity contribution in [1.82, 2.24) is 4.90 Å². The molecule has 0 spiro atoms. The lowest BCUT2D eigenvalue weighted by atomic mass is 9.98. The SMILES string of the molecule is COC(=O)C1=C(O)CCN(C(=O)OC(C)(C)C)[C@@H]1C(=O)O. The molecule has 0 saturated heterocycles. The number of aliphatic hydroxyl groups is 1. The predicted octanol–water partition coefficient (Wildman–Crippen LogP) is 1.07. The van der Waals surface area contributed by atoms with E-state index in [0.29, 0.717) is 0 Å². The first-order valence-electron chi connectivity index (χ1n) is 6.31. The van der Waals surface area contributed by atoms with Gasteiger partial charge >= 0.3 is 18.0 Å². The van der Waals surface area contributed by atoms with E-state index in [1.54, 1.807) is 20.8 Å². The Bertz CT molecular complexity index is 489. The average Bonchev–Trinajstić information content (AvgIpc) is 2.34. The Morgan fingerprint density at radius 3 is 2.29 bits per heavy atom. The highest BCUT2D eigenvalue weighted by Gasteiger charge is 2.43. The summed E-state index contributed by atoms with van der Waals surface area (Å²) in [5.74, 6) is -2.84. The zero-order valence-corrected chi connectivity index (χ0v) is 12.4. The zero-order chi connectivity index (χ0) is 16.4. The van der Waals surface area contributed by atoms with Crippen molar-refractivity contribution in [3.63, 3.8) is 0 Å². The number of carbonyl (C=O) groups excluding carboxylic acids is 2. The summed E-state index contributed by atoms with van der Waals surface area (Å²) in [7, 11) is 1.06. The van der Waals surface area contributed by atoms with Crippen molar-refractivity contribution < 1.29 is 34.1 Å². The molecule has 0 fully saturated rings. The van der Waals surface area contributed by atoms with Crippen LogP contribution in [0.2, 0.25) is 0 Å². The number of aliphatic hydroxyl groups excluding tert-OH is 1. The molecule has 1 aliphatic rings. The van der Waals surface area contributed by atoms with Crippen molar-refractivity contribution in [2.75, 3.05) is 13.7 Å². The highest BCUT2D eigenvalue weighted by atomic mass is 16.6. The molecule has 1 rings (SSSR count). The lowest BCUT2D eigenvalue weighted by molar-refractivity contribution is -0.146. The number of hydrogen-bond donors (Lipinski definition) is 2. The summed E-state index contributed by atoms with van der Waals surface area (Å²) < 4.78 is 9.59. The summed E-state index contributed by atoms with van der Waals surface area (Å²) >= 11 is 0. The first kappa shape index (κ1) is 16.8. The first-order chi connectivity index (χ1) is 9.58. The Balaban J connectivity index is 3.16. The monoisotopic (exact) mass is 301 g/mol. The molecule has 0 saturated carbocycles. The molecule has 2 N–H and O–H groups in total. The van der Waals surface area contributed by atoms with Crippen LogP contribution in [0.1, 0.15) is 27.2 Å². The molecule has 0 aromatic rings. The average molecular weight is 301 g/mol. The summed E-state index contributed by atoms with van der Waals surface area (Å²) in [4.78, 5) is 36.0. The molecule has 118 valence electrons. The van der Waals surface area contributed by atoms with Crippen LogP contribution in [0.5, 0.6) is 0 Å². The van der Waals surface area contributed by atoms with Crippen LogP contribution in [0.15, 0.2) is 11.3 Å². The maximum atomic E-state index is 12.1. The van der Waals surface area contributed by atoms with E-state index in [1.165, 1.54) is 0 Å². The fourth-order valence-corrected chi connectivity index (χ4v) is 1.92. The van der Waals surface area contributed by atoms with Crippen LogP contribution in [0.4, 0.5) is 4.79 Å². The second kappa shape index (κ2) is 6.02. The van der Waals surface area contributed by atoms with Crippen molar-refractivity contribution in [2.45, 2.75) is 38.8 Å². The number of carbonyl (C=O) groups is 3. The Labute approximate surface area is 121 Å². The van der Waals surface area contributed by atoms with E-state index in [2.05, 4.69) is 4.74 Å². The topological polar surface area (TPSA) is 113 Å². The van der Waals surface area contributed by atoms with Gasteiger partial charge in [-0.1, -0.05) is 0 Å². The lowest BCUT2D eigenvalue weighted by Crippen LogP contribution is -2.52. The smallest absolute Gasteiger partial charge is 0.411 e. The fraction of sp³-hybridized carbons (Fsp3) is 0.615. The number of carboxylic acids is 1. The van der Waals surface area contributed by atoms with E-state index >= 15 is 0 Å². The minimum atomic E-state index is -1.64. The molecule has 0 aromatic heterocycles. The molecule has 0 radical (unpaired) electrons. The van der Waals surface area contributed by atoms with Gasteiger partial charge in [-0.2, -0.15) is 0 Å². The van der Waals surface area contributed by atoms with Crippen LogP contribution in [0.25, 0.3) is 0 Å². The van der Waals surface area contributed by atoms with Crippen molar-refractivity contribution in [2.24, 2.45) is 0 Å². The Kier molecular flexibility index (Phi) is 4.82. The quantitative estimate of drug-likeness (QED) is 0.733. The van der Waals surface area contributed by atoms with Gasteiger partial charge in [-0.05, 0) is 20.8 Å². The second-order valence-corrected chi connectivity index (χ2v) is 5.52. The Morgan fingerprint density at radius 2 is 1.86 bits per heavy atom. The van der Waals surface area contributed by atoms with Crippen molar-refractivity contribution in [3.8, 4) is 0 Å². The standard InChI is InChI=1S/C13H19NO7/c1-13(2,3)21-12(19)14-6-5-7(15)8(11(18)20-4)9(14)10(16)17/h9,15H,5-6H2,1-4H3,(H,16,17)/t9-/m0/s1. The van der Waals surface area contributed by atoms with E-state index in [4.69, 9.17) is 4.74 Å².